The summed E-state index contributed by atoms with van der Waals surface area (Å²) >= 11 is 0. The number of nitrogens with one attached hydrogen (secondary N) is 1. The highest BCUT2D eigenvalue weighted by Gasteiger charge is 1.89. The van der Waals surface area contributed by atoms with Crippen molar-refractivity contribution >= 4 is 5.91 Å². The predicted molar refractivity (Wildman–Crippen MR) is 36.4 cm³/mol. The maximum Gasteiger partial charge on any atom is 0.319 e. The Balaban J connectivity index is 3.39. The maximum absolute atomic E-state index is 10.4. The second-order valence-electron chi connectivity index (χ2n) is 1.30. The number of hydrogen-bond donors (Lipinski definition) is 1. The molecule has 0 fully saturated rings. The molecule has 0 aliphatic rings. The molecule has 0 bridgehead atoms. The van der Waals surface area contributed by atoms with E-state index in [1.54, 1.807) is 6.92 Å². The number of terminal acetylenes is 1. The fourth-order valence-corrected chi connectivity index (χ4v) is 0.282. The molecule has 0 atom stereocenters. The van der Waals surface area contributed by atoms with Gasteiger partial charge in [-0.3, -0.25) is 9.63 Å². The lowest BCUT2D eigenvalue weighted by molar-refractivity contribution is -0.126. The minimum absolute atomic E-state index is 0.0527. The van der Waals surface area contributed by atoms with E-state index in [1.165, 1.54) is 0 Å². The molecule has 1 amide bonds. The Labute approximate surface area is 59.7 Å². The van der Waals surface area contributed by atoms with Crippen LogP contribution < -0.4 is 5.48 Å². The van der Waals surface area contributed by atoms with Gasteiger partial charge in [0, 0.05) is 0 Å². The third-order valence-corrected chi connectivity index (χ3v) is 0.559. The molecule has 0 aromatic rings. The van der Waals surface area contributed by atoms with Crippen molar-refractivity contribution in [3.05, 3.63) is 0 Å². The Kier molecular flexibility index (Phi) is 4.86. The van der Waals surface area contributed by atoms with E-state index in [2.05, 4.69) is 22.6 Å². The van der Waals surface area contributed by atoms with Gasteiger partial charge in [0.05, 0.1) is 0 Å². The highest BCUT2D eigenvalue weighted by atomic mass is 16.6. The van der Waals surface area contributed by atoms with Crippen molar-refractivity contribution in [1.29, 1.82) is 0 Å². The van der Waals surface area contributed by atoms with Gasteiger partial charge in [-0.1, -0.05) is 11.8 Å². The summed E-state index contributed by atoms with van der Waals surface area (Å²) in [5.74, 6) is 6.30. The van der Waals surface area contributed by atoms with E-state index < -0.39 is 5.91 Å². The van der Waals surface area contributed by atoms with Gasteiger partial charge in [-0.05, 0) is 12.8 Å². The molecule has 0 rings (SSSR count). The fourth-order valence-electron chi connectivity index (χ4n) is 0.282. The summed E-state index contributed by atoms with van der Waals surface area (Å²) in [4.78, 5) is 14.9. The Morgan fingerprint density at radius 3 is 3.00 bits per heavy atom. The standard InChI is InChI=1S/C7H7NO2/c1-3-5-7(9)8-10-6-4-2/h2H,6H2,1H3,(H,8,9). The third-order valence-electron chi connectivity index (χ3n) is 0.559. The van der Waals surface area contributed by atoms with Crippen molar-refractivity contribution in [2.45, 2.75) is 6.92 Å². The van der Waals surface area contributed by atoms with Crippen LogP contribution in [0.1, 0.15) is 6.92 Å². The summed E-state index contributed by atoms with van der Waals surface area (Å²) in [6.07, 6.45) is 4.83. The quantitative estimate of drug-likeness (QED) is 0.322. The van der Waals surface area contributed by atoms with E-state index in [4.69, 9.17) is 6.42 Å². The zero-order chi connectivity index (χ0) is 7.82. The van der Waals surface area contributed by atoms with E-state index in [-0.39, 0.29) is 6.61 Å². The summed E-state index contributed by atoms with van der Waals surface area (Å²) in [6.45, 7) is 1.61. The molecule has 0 heterocycles. The van der Waals surface area contributed by atoms with Gasteiger partial charge < -0.3 is 0 Å². The van der Waals surface area contributed by atoms with Crippen LogP contribution in [0.3, 0.4) is 0 Å². The van der Waals surface area contributed by atoms with Gasteiger partial charge in [-0.2, -0.15) is 0 Å². The molecule has 0 radical (unpaired) electrons. The molecule has 3 heteroatoms. The summed E-state index contributed by atoms with van der Waals surface area (Å²) in [5.41, 5.74) is 2.03. The monoisotopic (exact) mass is 137 g/mol. The van der Waals surface area contributed by atoms with E-state index in [0.29, 0.717) is 0 Å². The van der Waals surface area contributed by atoms with E-state index >= 15 is 0 Å². The van der Waals surface area contributed by atoms with Crippen molar-refractivity contribution in [2.75, 3.05) is 6.61 Å². The molecule has 0 aromatic carbocycles. The molecule has 52 valence electrons. The highest BCUT2D eigenvalue weighted by Crippen LogP contribution is 1.65. The number of hydrogen-bond acceptors (Lipinski definition) is 2. The number of amides is 1. The molecule has 0 saturated carbocycles. The van der Waals surface area contributed by atoms with Crippen LogP contribution in [0, 0.1) is 24.2 Å². The van der Waals surface area contributed by atoms with Gasteiger partial charge in [0.15, 0.2) is 0 Å². The minimum Gasteiger partial charge on any atom is -0.260 e. The molecule has 3 nitrogen and oxygen atoms in total. The normalized spacial score (nSPS) is 6.80. The Hall–Kier alpha value is -1.45. The predicted octanol–water partition coefficient (Wildman–Crippen LogP) is -0.309. The average Bonchev–Trinajstić information content (AvgIpc) is 1.89. The highest BCUT2D eigenvalue weighted by molar-refractivity contribution is 5.92. The van der Waals surface area contributed by atoms with Crippen molar-refractivity contribution < 1.29 is 9.63 Å². The van der Waals surface area contributed by atoms with Crippen molar-refractivity contribution in [3.63, 3.8) is 0 Å². The Bertz CT molecular complexity index is 204. The summed E-state index contributed by atoms with van der Waals surface area (Å²) in [6, 6.07) is 0. The lowest BCUT2D eigenvalue weighted by Crippen LogP contribution is -2.21. The second-order valence-corrected chi connectivity index (χ2v) is 1.30. The molecular weight excluding hydrogens is 130 g/mol. The van der Waals surface area contributed by atoms with Crippen LogP contribution in [0.15, 0.2) is 0 Å². The smallest absolute Gasteiger partial charge is 0.260 e. The third kappa shape index (κ3) is 4.70. The molecule has 0 aliphatic heterocycles. The first-order valence-electron chi connectivity index (χ1n) is 2.59. The summed E-state index contributed by atoms with van der Waals surface area (Å²) in [7, 11) is 0. The lowest BCUT2D eigenvalue weighted by Gasteiger charge is -1.94. The Morgan fingerprint density at radius 1 is 1.80 bits per heavy atom. The minimum atomic E-state index is -0.488. The molecule has 10 heavy (non-hydrogen) atoms. The molecule has 0 spiro atoms. The van der Waals surface area contributed by atoms with Gasteiger partial charge in [-0.15, -0.1) is 6.42 Å². The van der Waals surface area contributed by atoms with Crippen LogP contribution in [0.5, 0.6) is 0 Å². The fraction of sp³-hybridized carbons (Fsp3) is 0.286. The van der Waals surface area contributed by atoms with Gasteiger partial charge in [0.2, 0.25) is 0 Å². The number of carbonyl (C=O) groups excluding carboxylic acids is 1. The number of hydroxylamine groups is 1. The molecule has 0 saturated heterocycles. The van der Waals surface area contributed by atoms with E-state index in [9.17, 15) is 4.79 Å². The van der Waals surface area contributed by atoms with Crippen molar-refractivity contribution in [1.82, 2.24) is 5.48 Å². The first-order valence-corrected chi connectivity index (χ1v) is 2.59. The van der Waals surface area contributed by atoms with E-state index in [0.717, 1.165) is 0 Å². The van der Waals surface area contributed by atoms with E-state index in [1.807, 2.05) is 5.48 Å². The van der Waals surface area contributed by atoms with Gasteiger partial charge in [0.1, 0.15) is 6.61 Å². The average molecular weight is 137 g/mol. The van der Waals surface area contributed by atoms with Crippen molar-refractivity contribution in [2.24, 2.45) is 0 Å². The van der Waals surface area contributed by atoms with Crippen LogP contribution in [0.25, 0.3) is 0 Å². The zero-order valence-electron chi connectivity index (χ0n) is 5.60. The SMILES string of the molecule is C#CCONC(=O)C#CC. The Morgan fingerprint density at radius 2 is 2.50 bits per heavy atom. The first kappa shape index (κ1) is 8.55. The molecule has 0 aromatic heterocycles. The topological polar surface area (TPSA) is 38.3 Å². The van der Waals surface area contributed by atoms with Crippen LogP contribution in [0.2, 0.25) is 0 Å². The van der Waals surface area contributed by atoms with Crippen LogP contribution in [-0.2, 0) is 9.63 Å². The lowest BCUT2D eigenvalue weighted by atomic mass is 10.6. The molecule has 1 N–H and O–H groups in total. The van der Waals surface area contributed by atoms with Crippen LogP contribution in [0.4, 0.5) is 0 Å². The number of carbonyl (C=O) groups is 1. The molecule has 0 unspecified atom stereocenters. The van der Waals surface area contributed by atoms with Crippen molar-refractivity contribution in [3.8, 4) is 24.2 Å². The largest absolute Gasteiger partial charge is 0.319 e. The van der Waals surface area contributed by atoms with Crippen LogP contribution >= 0.6 is 0 Å². The van der Waals surface area contributed by atoms with Gasteiger partial charge in [0.25, 0.3) is 0 Å². The van der Waals surface area contributed by atoms with Crippen LogP contribution in [-0.4, -0.2) is 12.5 Å². The molecular formula is C7H7NO2. The molecule has 0 aliphatic carbocycles. The number of rotatable bonds is 2. The van der Waals surface area contributed by atoms with Gasteiger partial charge in [-0.25, -0.2) is 5.48 Å². The summed E-state index contributed by atoms with van der Waals surface area (Å²) < 4.78 is 0. The second kappa shape index (κ2) is 5.68. The zero-order valence-corrected chi connectivity index (χ0v) is 5.60. The summed E-state index contributed by atoms with van der Waals surface area (Å²) in [5, 5.41) is 0. The maximum atomic E-state index is 10.4. The van der Waals surface area contributed by atoms with Gasteiger partial charge >= 0.3 is 5.91 Å². The first-order chi connectivity index (χ1) is 4.81.